The van der Waals surface area contributed by atoms with Crippen LogP contribution < -0.4 is 5.73 Å². The largest absolute Gasteiger partial charge is 0.361 e. The van der Waals surface area contributed by atoms with E-state index in [1.807, 2.05) is 12.3 Å². The fourth-order valence-corrected chi connectivity index (χ4v) is 2.45. The van der Waals surface area contributed by atoms with Crippen molar-refractivity contribution < 1.29 is 0 Å². The van der Waals surface area contributed by atoms with Gasteiger partial charge in [-0.3, -0.25) is 0 Å². The predicted molar refractivity (Wildman–Crippen MR) is 77.0 cm³/mol. The zero-order valence-electron chi connectivity index (χ0n) is 10.3. The van der Waals surface area contributed by atoms with Gasteiger partial charge in [-0.1, -0.05) is 29.8 Å². The van der Waals surface area contributed by atoms with E-state index in [0.29, 0.717) is 5.92 Å². The molecule has 1 heterocycles. The number of H-pyrrole nitrogens is 1. The van der Waals surface area contributed by atoms with Crippen LogP contribution in [-0.4, -0.2) is 4.98 Å². The van der Waals surface area contributed by atoms with Crippen LogP contribution in [0, 0.1) is 5.92 Å². The van der Waals surface area contributed by atoms with Crippen molar-refractivity contribution in [2.45, 2.75) is 32.7 Å². The molecule has 1 atom stereocenters. The summed E-state index contributed by atoms with van der Waals surface area (Å²) >= 11 is 3.51. The molecule has 0 aliphatic heterocycles. The van der Waals surface area contributed by atoms with Gasteiger partial charge in [-0.15, -0.1) is 0 Å². The van der Waals surface area contributed by atoms with Crippen LogP contribution in [0.25, 0.3) is 10.9 Å². The molecular weight excluding hydrogens is 276 g/mol. The molecule has 0 amide bonds. The van der Waals surface area contributed by atoms with Crippen molar-refractivity contribution in [3.05, 3.63) is 34.4 Å². The number of nitrogens with two attached hydrogens (primary N) is 1. The lowest BCUT2D eigenvalue weighted by molar-refractivity contribution is 0.508. The number of aromatic amines is 1. The Hall–Kier alpha value is -0.800. The Bertz CT molecular complexity index is 502. The molecule has 2 rings (SSSR count). The Morgan fingerprint density at radius 1 is 1.29 bits per heavy atom. The van der Waals surface area contributed by atoms with Gasteiger partial charge in [0.1, 0.15) is 0 Å². The molecule has 0 radical (unpaired) electrons. The Balaban J connectivity index is 2.25. The maximum atomic E-state index is 6.27. The molecule has 2 aromatic rings. The van der Waals surface area contributed by atoms with Crippen molar-refractivity contribution in [3.63, 3.8) is 0 Å². The zero-order chi connectivity index (χ0) is 12.4. The van der Waals surface area contributed by atoms with E-state index in [1.165, 1.54) is 17.4 Å². The normalized spacial score (nSPS) is 13.5. The van der Waals surface area contributed by atoms with E-state index in [-0.39, 0.29) is 6.04 Å². The van der Waals surface area contributed by atoms with E-state index in [0.717, 1.165) is 16.4 Å². The molecular formula is C14H19BrN2. The van der Waals surface area contributed by atoms with Crippen LogP contribution in [0.2, 0.25) is 0 Å². The third kappa shape index (κ3) is 2.90. The van der Waals surface area contributed by atoms with E-state index in [1.54, 1.807) is 0 Å². The van der Waals surface area contributed by atoms with Crippen molar-refractivity contribution in [2.24, 2.45) is 11.7 Å². The molecule has 0 spiro atoms. The minimum atomic E-state index is 0.125. The Labute approximate surface area is 111 Å². The molecule has 0 fully saturated rings. The number of hydrogen-bond donors (Lipinski definition) is 2. The highest BCUT2D eigenvalue weighted by Crippen LogP contribution is 2.28. The van der Waals surface area contributed by atoms with Gasteiger partial charge >= 0.3 is 0 Å². The first-order chi connectivity index (χ1) is 8.08. The van der Waals surface area contributed by atoms with Gasteiger partial charge in [0, 0.05) is 27.6 Å². The summed E-state index contributed by atoms with van der Waals surface area (Å²) in [5.74, 6) is 0.706. The minimum absolute atomic E-state index is 0.125. The van der Waals surface area contributed by atoms with Crippen LogP contribution in [0.3, 0.4) is 0 Å². The molecule has 0 unspecified atom stereocenters. The van der Waals surface area contributed by atoms with Crippen LogP contribution >= 0.6 is 15.9 Å². The smallest absolute Gasteiger partial charge is 0.0458 e. The second-order valence-corrected chi connectivity index (χ2v) is 5.93. The average Bonchev–Trinajstić information content (AvgIpc) is 2.68. The van der Waals surface area contributed by atoms with Gasteiger partial charge < -0.3 is 10.7 Å². The number of nitrogens with one attached hydrogen (secondary N) is 1. The number of benzene rings is 1. The Morgan fingerprint density at radius 2 is 2.06 bits per heavy atom. The standard InChI is InChI=1S/C14H19BrN2/c1-9(2)3-5-13(16)12-8-17-14-6-4-10(15)7-11(12)14/h4,6-9,13,17H,3,5,16H2,1-2H3/t13-/m1/s1. The fourth-order valence-electron chi connectivity index (χ4n) is 2.09. The SMILES string of the molecule is CC(C)CC[C@@H](N)c1c[nH]c2ccc(Br)cc12. The summed E-state index contributed by atoms with van der Waals surface area (Å²) in [4.78, 5) is 3.28. The first kappa shape index (κ1) is 12.7. The first-order valence-electron chi connectivity index (χ1n) is 6.10. The molecule has 1 aromatic heterocycles. The molecule has 3 N–H and O–H groups in total. The number of aromatic nitrogens is 1. The van der Waals surface area contributed by atoms with Gasteiger partial charge in [-0.05, 0) is 42.5 Å². The van der Waals surface area contributed by atoms with Crippen LogP contribution in [0.15, 0.2) is 28.9 Å². The monoisotopic (exact) mass is 294 g/mol. The Kier molecular flexibility index (Phi) is 3.89. The van der Waals surface area contributed by atoms with Crippen LogP contribution in [0.5, 0.6) is 0 Å². The number of rotatable bonds is 4. The molecule has 0 saturated heterocycles. The highest BCUT2D eigenvalue weighted by atomic mass is 79.9. The summed E-state index contributed by atoms with van der Waals surface area (Å²) in [6, 6.07) is 6.39. The van der Waals surface area contributed by atoms with E-state index in [9.17, 15) is 0 Å². The first-order valence-corrected chi connectivity index (χ1v) is 6.89. The molecule has 0 aliphatic rings. The van der Waals surface area contributed by atoms with Crippen molar-refractivity contribution >= 4 is 26.8 Å². The number of fused-ring (bicyclic) bond motifs is 1. The summed E-state index contributed by atoms with van der Waals surface area (Å²) in [5.41, 5.74) is 8.65. The van der Waals surface area contributed by atoms with E-state index in [4.69, 9.17) is 5.73 Å². The fraction of sp³-hybridized carbons (Fsp3) is 0.429. The molecule has 0 saturated carbocycles. The number of halogens is 1. The highest BCUT2D eigenvalue weighted by molar-refractivity contribution is 9.10. The highest BCUT2D eigenvalue weighted by Gasteiger charge is 2.12. The van der Waals surface area contributed by atoms with Gasteiger partial charge in [0.2, 0.25) is 0 Å². The van der Waals surface area contributed by atoms with Gasteiger partial charge in [-0.25, -0.2) is 0 Å². The molecule has 0 bridgehead atoms. The lowest BCUT2D eigenvalue weighted by atomic mass is 9.98. The third-order valence-corrected chi connectivity index (χ3v) is 3.62. The summed E-state index contributed by atoms with van der Waals surface area (Å²) in [6.07, 6.45) is 4.25. The predicted octanol–water partition coefficient (Wildman–Crippen LogP) is 4.37. The Morgan fingerprint density at radius 3 is 2.76 bits per heavy atom. The van der Waals surface area contributed by atoms with Crippen molar-refractivity contribution in [3.8, 4) is 0 Å². The summed E-state index contributed by atoms with van der Waals surface area (Å²) < 4.78 is 1.10. The average molecular weight is 295 g/mol. The van der Waals surface area contributed by atoms with Gasteiger partial charge in [0.15, 0.2) is 0 Å². The zero-order valence-corrected chi connectivity index (χ0v) is 11.9. The summed E-state index contributed by atoms with van der Waals surface area (Å²) in [6.45, 7) is 4.47. The minimum Gasteiger partial charge on any atom is -0.361 e. The van der Waals surface area contributed by atoms with Gasteiger partial charge in [0.05, 0.1) is 0 Å². The molecule has 1 aromatic carbocycles. The van der Waals surface area contributed by atoms with E-state index in [2.05, 4.69) is 46.9 Å². The molecule has 2 nitrogen and oxygen atoms in total. The summed E-state index contributed by atoms with van der Waals surface area (Å²) in [7, 11) is 0. The van der Waals surface area contributed by atoms with Crippen molar-refractivity contribution in [2.75, 3.05) is 0 Å². The van der Waals surface area contributed by atoms with E-state index >= 15 is 0 Å². The van der Waals surface area contributed by atoms with Crippen LogP contribution in [-0.2, 0) is 0 Å². The molecule has 0 aliphatic carbocycles. The maximum Gasteiger partial charge on any atom is 0.0458 e. The van der Waals surface area contributed by atoms with Crippen molar-refractivity contribution in [1.82, 2.24) is 4.98 Å². The molecule has 3 heteroatoms. The van der Waals surface area contributed by atoms with Gasteiger partial charge in [0.25, 0.3) is 0 Å². The third-order valence-electron chi connectivity index (χ3n) is 3.13. The topological polar surface area (TPSA) is 41.8 Å². The second-order valence-electron chi connectivity index (χ2n) is 5.01. The van der Waals surface area contributed by atoms with E-state index < -0.39 is 0 Å². The summed E-state index contributed by atoms with van der Waals surface area (Å²) in [5, 5.41) is 1.23. The van der Waals surface area contributed by atoms with Crippen LogP contribution in [0.4, 0.5) is 0 Å². The second kappa shape index (κ2) is 5.23. The maximum absolute atomic E-state index is 6.27. The van der Waals surface area contributed by atoms with Gasteiger partial charge in [-0.2, -0.15) is 0 Å². The molecule has 92 valence electrons. The van der Waals surface area contributed by atoms with Crippen LogP contribution in [0.1, 0.15) is 38.3 Å². The van der Waals surface area contributed by atoms with Crippen molar-refractivity contribution in [1.29, 1.82) is 0 Å². The quantitative estimate of drug-likeness (QED) is 0.864. The molecule has 17 heavy (non-hydrogen) atoms. The lowest BCUT2D eigenvalue weighted by Gasteiger charge is -2.12. The number of hydrogen-bond acceptors (Lipinski definition) is 1. The lowest BCUT2D eigenvalue weighted by Crippen LogP contribution is -2.10.